The molecule has 1 unspecified atom stereocenters. The molecule has 8 nitrogen and oxygen atoms in total. The first kappa shape index (κ1) is 26.0. The van der Waals surface area contributed by atoms with Crippen molar-refractivity contribution < 1.29 is 35.1 Å². The van der Waals surface area contributed by atoms with Gasteiger partial charge in [-0.1, -0.05) is 11.6 Å². The van der Waals surface area contributed by atoms with Crippen molar-refractivity contribution in [1.82, 2.24) is 9.97 Å². The van der Waals surface area contributed by atoms with Gasteiger partial charge in [-0.05, 0) is 49.2 Å². The second-order valence-electron chi connectivity index (χ2n) is 8.81. The van der Waals surface area contributed by atoms with Gasteiger partial charge in [0.25, 0.3) is 0 Å². The molecule has 0 saturated carbocycles. The topological polar surface area (TPSA) is 113 Å². The Morgan fingerprint density at radius 3 is 2.46 bits per heavy atom. The third kappa shape index (κ3) is 4.29. The molecule has 37 heavy (non-hydrogen) atoms. The number of ether oxygens (including phenoxy) is 2. The maximum atomic E-state index is 15.4. The Kier molecular flexibility index (Phi) is 6.71. The number of fused-ring (bicyclic) bond motifs is 3. The molecular formula is C24H21ClF2N2O6S2. The van der Waals surface area contributed by atoms with Crippen LogP contribution in [-0.4, -0.2) is 51.9 Å². The second-order valence-corrected chi connectivity index (χ2v) is 13.5. The lowest BCUT2D eigenvalue weighted by Crippen LogP contribution is -2.57. The highest BCUT2D eigenvalue weighted by Gasteiger charge is 2.61. The summed E-state index contributed by atoms with van der Waals surface area (Å²) in [4.78, 5) is 7.48. The van der Waals surface area contributed by atoms with Crippen molar-refractivity contribution in [2.45, 2.75) is 33.6 Å². The van der Waals surface area contributed by atoms with Crippen LogP contribution in [0.5, 0.6) is 5.75 Å². The molecule has 0 bridgehead atoms. The van der Waals surface area contributed by atoms with E-state index < -0.39 is 65.1 Å². The van der Waals surface area contributed by atoms with Gasteiger partial charge < -0.3 is 9.47 Å². The van der Waals surface area contributed by atoms with E-state index in [4.69, 9.17) is 21.1 Å². The molecule has 3 heterocycles. The van der Waals surface area contributed by atoms with Crippen LogP contribution < -0.4 is 4.74 Å². The van der Waals surface area contributed by atoms with E-state index >= 15 is 4.39 Å². The van der Waals surface area contributed by atoms with E-state index in [-0.39, 0.29) is 36.0 Å². The number of halogens is 3. The van der Waals surface area contributed by atoms with Gasteiger partial charge in [0, 0.05) is 29.9 Å². The molecule has 0 amide bonds. The van der Waals surface area contributed by atoms with Gasteiger partial charge in [-0.25, -0.2) is 30.6 Å². The first-order valence-electron chi connectivity index (χ1n) is 11.3. The molecule has 1 fully saturated rings. The van der Waals surface area contributed by atoms with Crippen molar-refractivity contribution in [1.29, 1.82) is 0 Å². The Bertz CT molecular complexity index is 1540. The van der Waals surface area contributed by atoms with Crippen LogP contribution >= 0.6 is 11.6 Å². The molecule has 3 atom stereocenters. The van der Waals surface area contributed by atoms with Crippen LogP contribution in [0.15, 0.2) is 64.9 Å². The van der Waals surface area contributed by atoms with Crippen molar-refractivity contribution in [2.24, 2.45) is 5.92 Å². The summed E-state index contributed by atoms with van der Waals surface area (Å²) in [5, 5.41) is 0.0703. The van der Waals surface area contributed by atoms with E-state index in [1.54, 1.807) is 0 Å². The van der Waals surface area contributed by atoms with Gasteiger partial charge in [-0.3, -0.25) is 4.98 Å². The Hall–Kier alpha value is -2.67. The summed E-state index contributed by atoms with van der Waals surface area (Å²) in [7, 11) is -8.27. The summed E-state index contributed by atoms with van der Waals surface area (Å²) in [6.07, 6.45) is 2.42. The Labute approximate surface area is 217 Å². The van der Waals surface area contributed by atoms with Crippen LogP contribution in [0.2, 0.25) is 5.02 Å². The van der Waals surface area contributed by atoms with E-state index in [0.29, 0.717) is 5.02 Å². The number of hydrogen-bond donors (Lipinski definition) is 0. The van der Waals surface area contributed by atoms with E-state index in [0.717, 1.165) is 18.3 Å². The second kappa shape index (κ2) is 9.57. The van der Waals surface area contributed by atoms with Crippen molar-refractivity contribution >= 4 is 31.3 Å². The molecule has 1 saturated heterocycles. The number of aromatic nitrogens is 2. The van der Waals surface area contributed by atoms with Gasteiger partial charge in [0.05, 0.1) is 35.1 Å². The van der Waals surface area contributed by atoms with Crippen molar-refractivity contribution in [3.05, 3.63) is 77.2 Å². The largest absolute Gasteiger partial charge is 0.490 e. The van der Waals surface area contributed by atoms with E-state index in [1.165, 1.54) is 36.7 Å². The minimum atomic E-state index is -4.39. The van der Waals surface area contributed by atoms with Crippen molar-refractivity contribution in [2.75, 3.05) is 19.0 Å². The van der Waals surface area contributed by atoms with E-state index in [1.807, 2.05) is 0 Å². The molecule has 2 aliphatic rings. The molecule has 196 valence electrons. The molecule has 0 radical (unpaired) electrons. The third-order valence-electron chi connectivity index (χ3n) is 6.88. The highest BCUT2D eigenvalue weighted by molar-refractivity contribution is 7.92. The predicted molar refractivity (Wildman–Crippen MR) is 129 cm³/mol. The molecule has 13 heteroatoms. The van der Waals surface area contributed by atoms with Crippen LogP contribution in [0.4, 0.5) is 8.78 Å². The zero-order chi connectivity index (χ0) is 26.4. The number of hydrogen-bond acceptors (Lipinski definition) is 8. The summed E-state index contributed by atoms with van der Waals surface area (Å²) in [6.45, 7) is -0.454. The van der Waals surface area contributed by atoms with Gasteiger partial charge in [0.15, 0.2) is 36.3 Å². The first-order chi connectivity index (χ1) is 17.6. The Balaban J connectivity index is 1.62. The molecule has 2 aliphatic heterocycles. The SMILES string of the molecule is O=S(=O)(CC[C@@H]1OCC[C@@]2(S(=O)(=O)c3ccc(Cl)cc3)c3c(F)ccc(F)c3OCC12)c1cnccn1. The maximum Gasteiger partial charge on any atom is 0.197 e. The molecule has 3 aromatic rings. The van der Waals surface area contributed by atoms with Crippen LogP contribution in [-0.2, 0) is 29.2 Å². The zero-order valence-corrected chi connectivity index (χ0v) is 21.6. The molecular weight excluding hydrogens is 550 g/mol. The van der Waals surface area contributed by atoms with E-state index in [9.17, 15) is 21.2 Å². The van der Waals surface area contributed by atoms with Gasteiger partial charge in [-0.2, -0.15) is 0 Å². The first-order valence-corrected chi connectivity index (χ1v) is 14.8. The molecule has 0 N–H and O–H groups in total. The number of rotatable bonds is 6. The van der Waals surface area contributed by atoms with Crippen molar-refractivity contribution in [3.63, 3.8) is 0 Å². The number of benzene rings is 2. The predicted octanol–water partition coefficient (Wildman–Crippen LogP) is 3.74. The standard InChI is InChI=1S/C24H21ClF2N2O6S2/c25-15-1-3-16(4-2-15)37(32,33)24-8-11-34-20(7-12-36(30,31)21-13-28-9-10-29-21)17(24)14-35-23-19(27)6-5-18(26)22(23)24/h1-6,9-10,13,17,20H,7-8,11-12,14H2/t17?,20-,24-/m0/s1. The fraction of sp³-hybridized carbons (Fsp3) is 0.333. The van der Waals surface area contributed by atoms with Crippen molar-refractivity contribution in [3.8, 4) is 5.75 Å². The number of sulfone groups is 2. The minimum Gasteiger partial charge on any atom is -0.490 e. The summed E-state index contributed by atoms with van der Waals surface area (Å²) in [5.74, 6) is -3.77. The average Bonchev–Trinajstić information content (AvgIpc) is 2.89. The highest BCUT2D eigenvalue weighted by Crippen LogP contribution is 2.56. The fourth-order valence-electron chi connectivity index (χ4n) is 5.16. The monoisotopic (exact) mass is 570 g/mol. The Morgan fingerprint density at radius 1 is 1.03 bits per heavy atom. The molecule has 2 aromatic carbocycles. The lowest BCUT2D eigenvalue weighted by molar-refractivity contribution is -0.0732. The fourth-order valence-corrected chi connectivity index (χ4v) is 8.82. The molecule has 1 aromatic heterocycles. The highest BCUT2D eigenvalue weighted by atomic mass is 35.5. The van der Waals surface area contributed by atoms with Crippen LogP contribution in [0.25, 0.3) is 0 Å². The van der Waals surface area contributed by atoms with Crippen LogP contribution in [0.1, 0.15) is 18.4 Å². The summed E-state index contributed by atoms with van der Waals surface area (Å²) in [5.41, 5.74) is -0.413. The molecule has 5 rings (SSSR count). The van der Waals surface area contributed by atoms with Gasteiger partial charge in [0.1, 0.15) is 10.6 Å². The molecule has 0 aliphatic carbocycles. The Morgan fingerprint density at radius 2 is 1.76 bits per heavy atom. The summed E-state index contributed by atoms with van der Waals surface area (Å²) >= 11 is 5.96. The van der Waals surface area contributed by atoms with E-state index in [2.05, 4.69) is 9.97 Å². The van der Waals surface area contributed by atoms with Gasteiger partial charge in [0.2, 0.25) is 0 Å². The summed E-state index contributed by atoms with van der Waals surface area (Å²) < 4.78 is 93.9. The minimum absolute atomic E-state index is 0.128. The lowest BCUT2D eigenvalue weighted by Gasteiger charge is -2.50. The average molecular weight is 571 g/mol. The summed E-state index contributed by atoms with van der Waals surface area (Å²) in [6, 6.07) is 7.14. The zero-order valence-electron chi connectivity index (χ0n) is 19.2. The number of nitrogens with zero attached hydrogens (tertiary/aromatic N) is 2. The normalized spacial score (nSPS) is 23.5. The lowest BCUT2D eigenvalue weighted by atomic mass is 9.75. The van der Waals surface area contributed by atoms with Crippen LogP contribution in [0, 0.1) is 17.6 Å². The quantitative estimate of drug-likeness (QED) is 0.440. The van der Waals surface area contributed by atoms with Crippen LogP contribution in [0.3, 0.4) is 0 Å². The molecule has 0 spiro atoms. The van der Waals surface area contributed by atoms with Gasteiger partial charge >= 0.3 is 0 Å². The maximum absolute atomic E-state index is 15.4. The van der Waals surface area contributed by atoms with Gasteiger partial charge in [-0.15, -0.1) is 0 Å². The smallest absolute Gasteiger partial charge is 0.197 e. The third-order valence-corrected chi connectivity index (χ3v) is 11.3.